The lowest BCUT2D eigenvalue weighted by Crippen LogP contribution is -2.37. The smallest absolute Gasteiger partial charge is 0.289 e. The van der Waals surface area contributed by atoms with E-state index in [2.05, 4.69) is 126 Å². The van der Waals surface area contributed by atoms with Gasteiger partial charge < -0.3 is 109 Å². The minimum atomic E-state index is -0.157. The number of anilines is 10. The number of furan rings is 1. The number of hydrogen-bond donors (Lipinski definition) is 14. The Hall–Kier alpha value is -12.4. The fourth-order valence-electron chi connectivity index (χ4n) is 16.1. The number of aliphatic hydroxyl groups excluding tert-OH is 4. The molecular weight excluding hydrogens is 1700 g/mol. The zero-order chi connectivity index (χ0) is 92.8. The summed E-state index contributed by atoms with van der Waals surface area (Å²) in [5.74, 6) is 5.04. The molecule has 14 heterocycles. The molecule has 0 unspecified atom stereocenters. The van der Waals surface area contributed by atoms with Crippen molar-refractivity contribution in [2.75, 3.05) is 121 Å². The number of aliphatic hydroxyl groups is 4. The first-order valence-electron chi connectivity index (χ1n) is 44.7. The third-order valence-corrected chi connectivity index (χ3v) is 23.9. The molecule has 0 spiro atoms. The van der Waals surface area contributed by atoms with E-state index in [1.165, 1.54) is 28.9 Å². The number of thiazole rings is 2. The van der Waals surface area contributed by atoms with Gasteiger partial charge in [-0.1, -0.05) is 90.1 Å². The van der Waals surface area contributed by atoms with Crippen LogP contribution in [0, 0.1) is 13.8 Å². The number of aromatic nitrogens is 13. The molecule has 0 saturated heterocycles. The Bertz CT molecular complexity index is 5190. The second kappa shape index (κ2) is 48.8. The van der Waals surface area contributed by atoms with Gasteiger partial charge in [-0.15, -0.1) is 22.7 Å². The van der Waals surface area contributed by atoms with E-state index < -0.39 is 0 Å². The SMILES string of the molecule is CCCCNc1nc(N)nc2c1CCN(C(=O)c1cc(C)on1)C2.CCC[C@@H](CCO)Nc1nc(N)nc2c1CN(C(=O)c1ccccc1)CC2.CCC[C@@H](CCO)Nc1nc(N)nc2c1CN(C(=O)c1ccco1)CC2.CCC[C@@H](CCO)Nc1nc(N)nc2c1CN(C(=O)c1csc(C)n1)CC2.CCC[C@@H](CCO)Nc1nc(N)nc2c1CN(C(=O)c1cscn1)CC2. The highest BCUT2D eigenvalue weighted by atomic mass is 32.1. The summed E-state index contributed by atoms with van der Waals surface area (Å²) in [6.45, 7) is 20.5. The van der Waals surface area contributed by atoms with E-state index >= 15 is 0 Å². The van der Waals surface area contributed by atoms with Crippen LogP contribution in [0.25, 0.3) is 0 Å². The molecule has 0 radical (unpaired) electrons. The summed E-state index contributed by atoms with van der Waals surface area (Å²) in [6, 6.07) is 14.7. The van der Waals surface area contributed by atoms with Gasteiger partial charge >= 0.3 is 0 Å². The number of fused-ring (bicyclic) bond motifs is 5. The molecule has 4 atom stereocenters. The molecule has 39 nitrogen and oxygen atoms in total. The highest BCUT2D eigenvalue weighted by molar-refractivity contribution is 7.09. The lowest BCUT2D eigenvalue weighted by molar-refractivity contribution is 0.0697. The van der Waals surface area contributed by atoms with Gasteiger partial charge in [0.05, 0.1) is 78.0 Å². The topological polar surface area (TPSA) is 567 Å². The van der Waals surface area contributed by atoms with E-state index in [1.807, 2.05) is 42.2 Å². The Morgan fingerprint density at radius 1 is 0.423 bits per heavy atom. The van der Waals surface area contributed by atoms with Crippen LogP contribution >= 0.6 is 22.7 Å². The second-order valence-electron chi connectivity index (χ2n) is 32.3. The number of unbranched alkanes of at least 4 members (excludes halogenated alkanes) is 1. The molecular formula is C89H124N28O11S2. The van der Waals surface area contributed by atoms with Crippen molar-refractivity contribution in [3.05, 3.63) is 167 Å². The minimum absolute atomic E-state index is 0.00416. The van der Waals surface area contributed by atoms with Gasteiger partial charge in [0.25, 0.3) is 29.5 Å². The molecule has 5 aliphatic heterocycles. The Morgan fingerprint density at radius 3 is 1.20 bits per heavy atom. The van der Waals surface area contributed by atoms with Gasteiger partial charge in [-0.3, -0.25) is 24.0 Å². The van der Waals surface area contributed by atoms with Crippen molar-refractivity contribution in [1.29, 1.82) is 0 Å². The predicted octanol–water partition coefficient (Wildman–Crippen LogP) is 9.46. The van der Waals surface area contributed by atoms with Crippen molar-refractivity contribution in [2.45, 2.75) is 227 Å². The van der Waals surface area contributed by atoms with Crippen molar-refractivity contribution in [2.24, 2.45) is 0 Å². The molecule has 0 bridgehead atoms. The van der Waals surface area contributed by atoms with Crippen LogP contribution in [0.3, 0.4) is 0 Å². The van der Waals surface area contributed by atoms with Crippen LogP contribution in [0.5, 0.6) is 0 Å². The highest BCUT2D eigenvalue weighted by Crippen LogP contribution is 2.34. The molecule has 9 aromatic heterocycles. The number of nitrogen functional groups attached to an aromatic ring is 5. The van der Waals surface area contributed by atoms with Gasteiger partial charge in [0.1, 0.15) is 46.2 Å². The molecule has 130 heavy (non-hydrogen) atoms. The van der Waals surface area contributed by atoms with E-state index in [9.17, 15) is 44.4 Å². The van der Waals surface area contributed by atoms with Crippen molar-refractivity contribution in [3.8, 4) is 0 Å². The number of benzene rings is 1. The van der Waals surface area contributed by atoms with Gasteiger partial charge in [-0.25, -0.2) is 34.9 Å². The van der Waals surface area contributed by atoms with Crippen LogP contribution < -0.4 is 55.3 Å². The fourth-order valence-corrected chi connectivity index (χ4v) is 17.2. The van der Waals surface area contributed by atoms with Crippen LogP contribution in [-0.2, 0) is 64.8 Å². The largest absolute Gasteiger partial charge is 0.459 e. The number of amides is 5. The molecule has 1 aromatic carbocycles. The zero-order valence-electron chi connectivity index (χ0n) is 75.2. The third kappa shape index (κ3) is 26.9. The standard InChI is InChI=1S/C20H27N5O2.C18H26N6O2S.C18H25N5O3.C17H24N6O2S.C16H22N6O2/c1-2-6-15(10-12-26)22-18-16-13-25(11-9-17(16)23-20(21)24-18)19(27)14-7-4-3-5-8-14;1-3-4-12(6-8-25)21-16-13-9-24(7-5-14(13)22-18(19)23-16)17(26)15-10-27-11(2)20-15;1-2-4-12(7-9-24)20-16-13-11-23(17(25)15-5-3-10-26-15)8-6-14(13)21-18(19)22-16;1-2-3-11(5-7-24)20-15-12-8-23(16(25)14-9-26-10-19-14)6-4-13(12)21-17(18)22-15;1-3-4-6-18-14-11-5-7-22(9-13(11)19-16(17)20-14)15(23)12-8-10(2)24-21-12/h3-5,7-8,15,26H,2,6,9-13H2,1H3,(H3,21,22,23,24);10,12,25H,3-9H2,1-2H3,(H3,19,21,22,23);3,5,10,12,24H,2,4,6-9,11H2,1H3,(H3,19,20,21,22);9-11,24H,2-8H2,1H3,(H3,18,20,21,22);8H,3-7,9H2,1-2H3,(H3,17,18,19,20)/t15-;2*12-;11-;/m0000./s1. The first kappa shape index (κ1) is 98.2. The van der Waals surface area contributed by atoms with Gasteiger partial charge in [-0.05, 0) is 102 Å². The van der Waals surface area contributed by atoms with Gasteiger partial charge in [0, 0.05) is 166 Å². The van der Waals surface area contributed by atoms with E-state index in [-0.39, 0.29) is 110 Å². The maximum absolute atomic E-state index is 12.8. The van der Waals surface area contributed by atoms with Gasteiger partial charge in [0.2, 0.25) is 29.7 Å². The van der Waals surface area contributed by atoms with Crippen molar-refractivity contribution < 1.29 is 53.3 Å². The predicted molar refractivity (Wildman–Crippen MR) is 499 cm³/mol. The molecule has 10 aromatic rings. The Kier molecular flexibility index (Phi) is 36.9. The number of nitrogens with two attached hydrogens (primary N) is 5. The number of rotatable bonds is 33. The van der Waals surface area contributed by atoms with Gasteiger partial charge in [0.15, 0.2) is 11.5 Å². The van der Waals surface area contributed by atoms with Crippen LogP contribution in [0.2, 0.25) is 0 Å². The molecule has 19 N–H and O–H groups in total. The zero-order valence-corrected chi connectivity index (χ0v) is 76.8. The van der Waals surface area contributed by atoms with Crippen LogP contribution in [0.1, 0.15) is 244 Å². The summed E-state index contributed by atoms with van der Waals surface area (Å²) < 4.78 is 10.2. The summed E-state index contributed by atoms with van der Waals surface area (Å²) in [7, 11) is 0. The third-order valence-electron chi connectivity index (χ3n) is 22.6. The van der Waals surface area contributed by atoms with Crippen LogP contribution in [0.15, 0.2) is 80.0 Å². The first-order chi connectivity index (χ1) is 62.9. The van der Waals surface area contributed by atoms with Crippen molar-refractivity contribution in [1.82, 2.24) is 89.5 Å². The summed E-state index contributed by atoms with van der Waals surface area (Å²) in [5.41, 5.74) is 41.9. The first-order valence-corrected chi connectivity index (χ1v) is 46.6. The highest BCUT2D eigenvalue weighted by Gasteiger charge is 2.34. The summed E-state index contributed by atoms with van der Waals surface area (Å²) in [5, 5.41) is 62.4. The van der Waals surface area contributed by atoms with E-state index in [0.717, 1.165) is 138 Å². The van der Waals surface area contributed by atoms with Crippen LogP contribution in [0.4, 0.5) is 58.8 Å². The minimum Gasteiger partial charge on any atom is -0.459 e. The van der Waals surface area contributed by atoms with E-state index in [1.54, 1.807) is 61.0 Å². The van der Waals surface area contributed by atoms with Crippen LogP contribution in [-0.4, -0.2) is 229 Å². The Morgan fingerprint density at radius 2 is 0.823 bits per heavy atom. The lowest BCUT2D eigenvalue weighted by Gasteiger charge is -2.30. The average molecular weight is 1830 g/mol. The molecule has 5 aliphatic rings. The summed E-state index contributed by atoms with van der Waals surface area (Å²) in [6.07, 6.45) is 17.0. The maximum Gasteiger partial charge on any atom is 0.289 e. The average Bonchev–Trinajstić information content (AvgIpc) is 0.937. The molecule has 5 amide bonds. The van der Waals surface area contributed by atoms with Crippen molar-refractivity contribution >= 4 is 111 Å². The van der Waals surface area contributed by atoms with Crippen molar-refractivity contribution in [3.63, 3.8) is 0 Å². The molecule has 0 aliphatic carbocycles. The maximum atomic E-state index is 12.8. The Labute approximate surface area is 764 Å². The molecule has 0 saturated carbocycles. The molecule has 15 rings (SSSR count). The number of nitrogens with one attached hydrogen (secondary N) is 5. The lowest BCUT2D eigenvalue weighted by atomic mass is 10.0. The molecule has 41 heteroatoms. The number of hydrogen-bond acceptors (Lipinski definition) is 36. The quantitative estimate of drug-likeness (QED) is 0.0170. The fraction of sp³-hybridized carbons (Fsp3) is 0.506. The van der Waals surface area contributed by atoms with E-state index in [4.69, 9.17) is 37.6 Å². The summed E-state index contributed by atoms with van der Waals surface area (Å²) >= 11 is 2.88. The number of carbonyl (C=O) groups excluding carboxylic acids is 5. The van der Waals surface area contributed by atoms with Gasteiger partial charge in [-0.2, -0.15) is 24.9 Å². The number of nitrogens with zero attached hydrogens (tertiary/aromatic N) is 18. The Balaban J connectivity index is 0.000000157. The summed E-state index contributed by atoms with van der Waals surface area (Å²) in [4.78, 5) is 124. The molecule has 0 fully saturated rings. The molecule has 698 valence electrons. The number of carbonyl (C=O) groups is 5. The van der Waals surface area contributed by atoms with E-state index in [0.29, 0.717) is 181 Å². The number of aryl methyl sites for hydroxylation is 2. The monoisotopic (exact) mass is 1820 g/mol. The second-order valence-corrected chi connectivity index (χ2v) is 34.1. The normalized spacial score (nSPS) is 14.5.